The van der Waals surface area contributed by atoms with Crippen LogP contribution in [0.1, 0.15) is 28.4 Å². The molecule has 124 valence electrons. The minimum Gasteiger partial charge on any atom is -0.354 e. The molecule has 4 nitrogen and oxygen atoms in total. The molecule has 1 atom stereocenters. The first-order valence-corrected chi connectivity index (χ1v) is 8.35. The van der Waals surface area contributed by atoms with E-state index in [4.69, 9.17) is 11.6 Å². The van der Waals surface area contributed by atoms with Crippen molar-refractivity contribution < 1.29 is 9.59 Å². The third-order valence-electron chi connectivity index (χ3n) is 4.32. The highest BCUT2D eigenvalue weighted by Crippen LogP contribution is 2.24. The summed E-state index contributed by atoms with van der Waals surface area (Å²) in [7, 11) is 0. The summed E-state index contributed by atoms with van der Waals surface area (Å²) in [5, 5.41) is 3.60. The van der Waals surface area contributed by atoms with Crippen LogP contribution in [0.2, 0.25) is 5.02 Å². The summed E-state index contributed by atoms with van der Waals surface area (Å²) < 4.78 is 0. The largest absolute Gasteiger partial charge is 0.354 e. The molecule has 5 heteroatoms. The molecule has 0 spiro atoms. The molecule has 1 aliphatic heterocycles. The topological polar surface area (TPSA) is 49.4 Å². The van der Waals surface area contributed by atoms with Gasteiger partial charge < -0.3 is 10.2 Å². The third-order valence-corrected chi connectivity index (χ3v) is 4.57. The molecule has 2 aromatic rings. The van der Waals surface area contributed by atoms with Gasteiger partial charge in [-0.1, -0.05) is 41.9 Å². The number of nitrogens with one attached hydrogen (secondary N) is 1. The maximum atomic E-state index is 12.4. The average molecular weight is 343 g/mol. The fraction of sp³-hybridized carbons (Fsp3) is 0.263. The summed E-state index contributed by atoms with van der Waals surface area (Å²) in [6.45, 7) is 2.78. The number of benzene rings is 2. The average Bonchev–Trinajstić information content (AvgIpc) is 2.93. The molecule has 1 N–H and O–H groups in total. The first-order valence-electron chi connectivity index (χ1n) is 7.97. The Kier molecular flexibility index (Phi) is 4.86. The SMILES string of the molecule is C[C@H](C(=O)NCCc1ccc(Cl)cc1)N1Cc2ccccc2C1=O. The maximum absolute atomic E-state index is 12.4. The monoisotopic (exact) mass is 342 g/mol. The Balaban J connectivity index is 1.54. The van der Waals surface area contributed by atoms with Crippen molar-refractivity contribution in [3.63, 3.8) is 0 Å². The van der Waals surface area contributed by atoms with Crippen LogP contribution in [0.3, 0.4) is 0 Å². The van der Waals surface area contributed by atoms with Crippen LogP contribution < -0.4 is 5.32 Å². The Morgan fingerprint density at radius 1 is 1.21 bits per heavy atom. The van der Waals surface area contributed by atoms with E-state index >= 15 is 0 Å². The Labute approximate surface area is 146 Å². The van der Waals surface area contributed by atoms with Gasteiger partial charge in [0.25, 0.3) is 5.91 Å². The Morgan fingerprint density at radius 2 is 1.92 bits per heavy atom. The molecule has 2 aromatic carbocycles. The summed E-state index contributed by atoms with van der Waals surface area (Å²) in [6, 6.07) is 14.6. The fourth-order valence-corrected chi connectivity index (χ4v) is 2.99. The lowest BCUT2D eigenvalue weighted by Crippen LogP contribution is -2.45. The van der Waals surface area contributed by atoms with Crippen LogP contribution in [-0.4, -0.2) is 29.3 Å². The van der Waals surface area contributed by atoms with Crippen molar-refractivity contribution in [2.45, 2.75) is 25.9 Å². The van der Waals surface area contributed by atoms with Crippen LogP contribution in [0, 0.1) is 0 Å². The van der Waals surface area contributed by atoms with E-state index in [0.717, 1.165) is 17.5 Å². The summed E-state index contributed by atoms with van der Waals surface area (Å²) in [5.41, 5.74) is 2.78. The standard InChI is InChI=1S/C19H19ClN2O2/c1-13(22-12-15-4-2-3-5-17(15)19(22)24)18(23)21-11-10-14-6-8-16(20)9-7-14/h2-9,13H,10-12H2,1H3,(H,21,23)/t13-/m1/s1. The lowest BCUT2D eigenvalue weighted by atomic mass is 10.1. The number of hydrogen-bond acceptors (Lipinski definition) is 2. The Morgan fingerprint density at radius 3 is 2.62 bits per heavy atom. The van der Waals surface area contributed by atoms with Crippen molar-refractivity contribution in [1.29, 1.82) is 0 Å². The van der Waals surface area contributed by atoms with Gasteiger partial charge in [-0.25, -0.2) is 0 Å². The number of nitrogens with zero attached hydrogens (tertiary/aromatic N) is 1. The molecule has 0 aromatic heterocycles. The zero-order valence-electron chi connectivity index (χ0n) is 13.5. The van der Waals surface area contributed by atoms with Crippen molar-refractivity contribution in [1.82, 2.24) is 10.2 Å². The van der Waals surface area contributed by atoms with Crippen molar-refractivity contribution in [3.8, 4) is 0 Å². The van der Waals surface area contributed by atoms with E-state index in [9.17, 15) is 9.59 Å². The quantitative estimate of drug-likeness (QED) is 0.908. The molecule has 24 heavy (non-hydrogen) atoms. The predicted octanol–water partition coefficient (Wildman–Crippen LogP) is 3.04. The molecule has 2 amide bonds. The number of fused-ring (bicyclic) bond motifs is 1. The second-order valence-electron chi connectivity index (χ2n) is 5.93. The normalized spacial score (nSPS) is 14.4. The number of halogens is 1. The minimum atomic E-state index is -0.491. The number of hydrogen-bond donors (Lipinski definition) is 1. The lowest BCUT2D eigenvalue weighted by Gasteiger charge is -2.23. The Hall–Kier alpha value is -2.33. The minimum absolute atomic E-state index is 0.0778. The van der Waals surface area contributed by atoms with Gasteiger partial charge in [-0.2, -0.15) is 0 Å². The number of carbonyl (C=O) groups is 2. The van der Waals surface area contributed by atoms with E-state index in [2.05, 4.69) is 5.32 Å². The first kappa shape index (κ1) is 16.5. The van der Waals surface area contributed by atoms with Gasteiger partial charge in [0.2, 0.25) is 5.91 Å². The van der Waals surface area contributed by atoms with Crippen molar-refractivity contribution in [2.75, 3.05) is 6.54 Å². The van der Waals surface area contributed by atoms with Crippen molar-refractivity contribution in [3.05, 3.63) is 70.2 Å². The summed E-state index contributed by atoms with van der Waals surface area (Å²) in [6.07, 6.45) is 0.726. The molecule has 3 rings (SSSR count). The van der Waals surface area contributed by atoms with Crippen molar-refractivity contribution >= 4 is 23.4 Å². The van der Waals surface area contributed by atoms with Crippen LogP contribution in [0.5, 0.6) is 0 Å². The van der Waals surface area contributed by atoms with Crippen LogP contribution in [0.25, 0.3) is 0 Å². The molecule has 0 bridgehead atoms. The summed E-state index contributed by atoms with van der Waals surface area (Å²) in [5.74, 6) is -0.212. The molecular formula is C19H19ClN2O2. The smallest absolute Gasteiger partial charge is 0.255 e. The van der Waals surface area contributed by atoms with E-state index in [0.29, 0.717) is 23.7 Å². The van der Waals surface area contributed by atoms with Crippen LogP contribution in [-0.2, 0) is 17.8 Å². The van der Waals surface area contributed by atoms with Gasteiger partial charge in [-0.3, -0.25) is 9.59 Å². The second-order valence-corrected chi connectivity index (χ2v) is 6.37. The molecule has 1 aliphatic rings. The van der Waals surface area contributed by atoms with Gasteiger partial charge in [0, 0.05) is 23.7 Å². The van der Waals surface area contributed by atoms with Gasteiger partial charge >= 0.3 is 0 Å². The van der Waals surface area contributed by atoms with Gasteiger partial charge in [-0.15, -0.1) is 0 Å². The number of rotatable bonds is 5. The fourth-order valence-electron chi connectivity index (χ4n) is 2.86. The number of carbonyl (C=O) groups excluding carboxylic acids is 2. The molecule has 0 aliphatic carbocycles. The van der Waals surface area contributed by atoms with Crippen LogP contribution in [0.4, 0.5) is 0 Å². The highest BCUT2D eigenvalue weighted by atomic mass is 35.5. The van der Waals surface area contributed by atoms with Crippen molar-refractivity contribution in [2.24, 2.45) is 0 Å². The highest BCUT2D eigenvalue weighted by Gasteiger charge is 2.33. The molecule has 0 saturated carbocycles. The molecule has 0 saturated heterocycles. The first-order chi connectivity index (χ1) is 11.6. The summed E-state index contributed by atoms with van der Waals surface area (Å²) >= 11 is 5.86. The van der Waals surface area contributed by atoms with Crippen LogP contribution in [0.15, 0.2) is 48.5 Å². The number of amides is 2. The molecule has 1 heterocycles. The van der Waals surface area contributed by atoms with E-state index in [-0.39, 0.29) is 11.8 Å². The lowest BCUT2D eigenvalue weighted by molar-refractivity contribution is -0.125. The highest BCUT2D eigenvalue weighted by molar-refractivity contribution is 6.30. The van der Waals surface area contributed by atoms with Crippen LogP contribution >= 0.6 is 11.6 Å². The third kappa shape index (κ3) is 3.44. The summed E-state index contributed by atoms with van der Waals surface area (Å²) in [4.78, 5) is 26.4. The predicted molar refractivity (Wildman–Crippen MR) is 93.9 cm³/mol. The van der Waals surface area contributed by atoms with E-state index in [1.54, 1.807) is 11.8 Å². The van der Waals surface area contributed by atoms with E-state index in [1.807, 2.05) is 48.5 Å². The zero-order chi connectivity index (χ0) is 17.1. The van der Waals surface area contributed by atoms with Gasteiger partial charge in [0.1, 0.15) is 6.04 Å². The second kappa shape index (κ2) is 7.05. The molecule has 0 radical (unpaired) electrons. The maximum Gasteiger partial charge on any atom is 0.255 e. The Bertz CT molecular complexity index is 758. The van der Waals surface area contributed by atoms with Gasteiger partial charge in [-0.05, 0) is 42.7 Å². The zero-order valence-corrected chi connectivity index (χ0v) is 14.2. The van der Waals surface area contributed by atoms with E-state index in [1.165, 1.54) is 0 Å². The molecular weight excluding hydrogens is 324 g/mol. The van der Waals surface area contributed by atoms with Gasteiger partial charge in [0.15, 0.2) is 0 Å². The van der Waals surface area contributed by atoms with E-state index < -0.39 is 6.04 Å². The molecule has 0 unspecified atom stereocenters. The van der Waals surface area contributed by atoms with Gasteiger partial charge in [0.05, 0.1) is 0 Å². The molecule has 0 fully saturated rings.